The highest BCUT2D eigenvalue weighted by Crippen LogP contribution is 2.26. The lowest BCUT2D eigenvalue weighted by molar-refractivity contribution is 0.414. The Bertz CT molecular complexity index is 569. The summed E-state index contributed by atoms with van der Waals surface area (Å²) in [5, 5.41) is 3.14. The van der Waals surface area contributed by atoms with Crippen LogP contribution in [0.4, 0.5) is 10.1 Å². The van der Waals surface area contributed by atoms with E-state index in [9.17, 15) is 4.39 Å². The summed E-state index contributed by atoms with van der Waals surface area (Å²) < 4.78 is 24.0. The lowest BCUT2D eigenvalue weighted by Gasteiger charge is -2.17. The van der Waals surface area contributed by atoms with Crippen LogP contribution in [0.25, 0.3) is 0 Å². The largest absolute Gasteiger partial charge is 0.497 e. The summed E-state index contributed by atoms with van der Waals surface area (Å²) in [5.74, 6) is 1.12. The number of halogens is 1. The molecule has 0 spiro atoms. The van der Waals surface area contributed by atoms with E-state index in [0.717, 1.165) is 11.3 Å². The Kier molecular flexibility index (Phi) is 4.45. The van der Waals surface area contributed by atoms with Crippen LogP contribution < -0.4 is 14.8 Å². The smallest absolute Gasteiger partial charge is 0.146 e. The van der Waals surface area contributed by atoms with Crippen molar-refractivity contribution in [2.75, 3.05) is 19.5 Å². The maximum absolute atomic E-state index is 13.8. The standard InChI is InChI=1S/C16H18FNO2/c1-11(12-4-6-13(19-2)7-5-12)18-16-10-14(20-3)8-9-15(16)17/h4-11,18H,1-3H3. The van der Waals surface area contributed by atoms with Crippen LogP contribution in [0, 0.1) is 5.82 Å². The summed E-state index contributed by atoms with van der Waals surface area (Å²) >= 11 is 0. The zero-order valence-electron chi connectivity index (χ0n) is 11.8. The summed E-state index contributed by atoms with van der Waals surface area (Å²) in [5.41, 5.74) is 1.47. The van der Waals surface area contributed by atoms with Crippen molar-refractivity contribution in [3.63, 3.8) is 0 Å². The molecule has 0 heterocycles. The van der Waals surface area contributed by atoms with E-state index in [2.05, 4.69) is 5.32 Å². The predicted octanol–water partition coefficient (Wildman–Crippen LogP) is 4.02. The fourth-order valence-corrected chi connectivity index (χ4v) is 1.95. The first-order valence-electron chi connectivity index (χ1n) is 6.38. The topological polar surface area (TPSA) is 30.5 Å². The number of benzene rings is 2. The van der Waals surface area contributed by atoms with E-state index in [-0.39, 0.29) is 11.9 Å². The molecule has 0 aromatic heterocycles. The van der Waals surface area contributed by atoms with Gasteiger partial charge in [-0.3, -0.25) is 0 Å². The van der Waals surface area contributed by atoms with Gasteiger partial charge in [-0.05, 0) is 36.8 Å². The molecule has 106 valence electrons. The number of anilines is 1. The van der Waals surface area contributed by atoms with Crippen molar-refractivity contribution in [1.82, 2.24) is 0 Å². The van der Waals surface area contributed by atoms with Gasteiger partial charge in [-0.25, -0.2) is 4.39 Å². The van der Waals surface area contributed by atoms with Crippen LogP contribution in [0.3, 0.4) is 0 Å². The summed E-state index contributed by atoms with van der Waals surface area (Å²) in [6.45, 7) is 1.97. The molecule has 0 bridgehead atoms. The van der Waals surface area contributed by atoms with Gasteiger partial charge < -0.3 is 14.8 Å². The van der Waals surface area contributed by atoms with E-state index in [1.165, 1.54) is 6.07 Å². The average Bonchev–Trinajstić information content (AvgIpc) is 2.49. The van der Waals surface area contributed by atoms with Gasteiger partial charge in [0.2, 0.25) is 0 Å². The van der Waals surface area contributed by atoms with E-state index in [1.54, 1.807) is 26.4 Å². The molecule has 2 aromatic rings. The SMILES string of the molecule is COc1ccc(C(C)Nc2cc(OC)ccc2F)cc1. The molecular formula is C16H18FNO2. The van der Waals surface area contributed by atoms with Gasteiger partial charge in [-0.1, -0.05) is 12.1 Å². The molecule has 1 N–H and O–H groups in total. The molecule has 0 aliphatic heterocycles. The minimum absolute atomic E-state index is 0.0255. The van der Waals surface area contributed by atoms with Crippen molar-refractivity contribution in [2.45, 2.75) is 13.0 Å². The highest BCUT2D eigenvalue weighted by molar-refractivity contribution is 5.51. The molecule has 0 fully saturated rings. The summed E-state index contributed by atoms with van der Waals surface area (Å²) in [4.78, 5) is 0. The first kappa shape index (κ1) is 14.2. The summed E-state index contributed by atoms with van der Waals surface area (Å²) in [6, 6.07) is 12.3. The first-order chi connectivity index (χ1) is 9.63. The van der Waals surface area contributed by atoms with E-state index in [4.69, 9.17) is 9.47 Å². The molecule has 0 saturated heterocycles. The Morgan fingerprint density at radius 2 is 1.55 bits per heavy atom. The van der Waals surface area contributed by atoms with Crippen molar-refractivity contribution in [2.24, 2.45) is 0 Å². The van der Waals surface area contributed by atoms with Gasteiger partial charge in [-0.15, -0.1) is 0 Å². The number of methoxy groups -OCH3 is 2. The Balaban J connectivity index is 2.15. The molecule has 3 nitrogen and oxygen atoms in total. The van der Waals surface area contributed by atoms with Crippen LogP contribution in [-0.2, 0) is 0 Å². The van der Waals surface area contributed by atoms with Crippen LogP contribution in [0.2, 0.25) is 0 Å². The van der Waals surface area contributed by atoms with Gasteiger partial charge in [-0.2, -0.15) is 0 Å². The highest BCUT2D eigenvalue weighted by atomic mass is 19.1. The zero-order valence-corrected chi connectivity index (χ0v) is 11.8. The number of nitrogens with one attached hydrogen (secondary N) is 1. The van der Waals surface area contributed by atoms with Crippen molar-refractivity contribution >= 4 is 5.69 Å². The lowest BCUT2D eigenvalue weighted by Crippen LogP contribution is -2.08. The molecule has 0 amide bonds. The van der Waals surface area contributed by atoms with E-state index >= 15 is 0 Å². The third kappa shape index (κ3) is 3.20. The van der Waals surface area contributed by atoms with Gasteiger partial charge >= 0.3 is 0 Å². The van der Waals surface area contributed by atoms with Crippen molar-refractivity contribution in [3.05, 3.63) is 53.8 Å². The molecule has 0 radical (unpaired) electrons. The summed E-state index contributed by atoms with van der Waals surface area (Å²) in [6.07, 6.45) is 0. The van der Waals surface area contributed by atoms with E-state index < -0.39 is 0 Å². The van der Waals surface area contributed by atoms with Gasteiger partial charge in [0.05, 0.1) is 19.9 Å². The molecule has 0 aliphatic rings. The van der Waals surface area contributed by atoms with Gasteiger partial charge in [0.15, 0.2) is 0 Å². The predicted molar refractivity (Wildman–Crippen MR) is 78.0 cm³/mol. The normalized spacial score (nSPS) is 11.8. The summed E-state index contributed by atoms with van der Waals surface area (Å²) in [7, 11) is 3.19. The van der Waals surface area contributed by atoms with E-state index in [1.807, 2.05) is 31.2 Å². The quantitative estimate of drug-likeness (QED) is 0.894. The maximum atomic E-state index is 13.8. The lowest BCUT2D eigenvalue weighted by atomic mass is 10.1. The second-order valence-electron chi connectivity index (χ2n) is 4.48. The second-order valence-corrected chi connectivity index (χ2v) is 4.48. The number of ether oxygens (including phenoxy) is 2. The fourth-order valence-electron chi connectivity index (χ4n) is 1.95. The van der Waals surface area contributed by atoms with Crippen LogP contribution in [0.5, 0.6) is 11.5 Å². The molecular weight excluding hydrogens is 257 g/mol. The molecule has 2 rings (SSSR count). The first-order valence-corrected chi connectivity index (χ1v) is 6.38. The zero-order chi connectivity index (χ0) is 14.5. The third-order valence-electron chi connectivity index (χ3n) is 3.16. The van der Waals surface area contributed by atoms with Gasteiger partial charge in [0, 0.05) is 12.1 Å². The van der Waals surface area contributed by atoms with Crippen molar-refractivity contribution in [3.8, 4) is 11.5 Å². The van der Waals surface area contributed by atoms with Crippen LogP contribution in [-0.4, -0.2) is 14.2 Å². The molecule has 4 heteroatoms. The molecule has 2 aromatic carbocycles. The Morgan fingerprint density at radius 1 is 0.950 bits per heavy atom. The molecule has 0 aliphatic carbocycles. The minimum Gasteiger partial charge on any atom is -0.497 e. The second kappa shape index (κ2) is 6.28. The third-order valence-corrected chi connectivity index (χ3v) is 3.16. The molecule has 1 atom stereocenters. The van der Waals surface area contributed by atoms with Gasteiger partial charge in [0.1, 0.15) is 17.3 Å². The highest BCUT2D eigenvalue weighted by Gasteiger charge is 2.09. The Labute approximate surface area is 118 Å². The fraction of sp³-hybridized carbons (Fsp3) is 0.250. The monoisotopic (exact) mass is 275 g/mol. The average molecular weight is 275 g/mol. The molecule has 20 heavy (non-hydrogen) atoms. The molecule has 0 saturated carbocycles. The number of rotatable bonds is 5. The molecule has 1 unspecified atom stereocenters. The van der Waals surface area contributed by atoms with Crippen molar-refractivity contribution in [1.29, 1.82) is 0 Å². The Morgan fingerprint density at radius 3 is 2.15 bits per heavy atom. The van der Waals surface area contributed by atoms with Crippen molar-refractivity contribution < 1.29 is 13.9 Å². The Hall–Kier alpha value is -2.23. The maximum Gasteiger partial charge on any atom is 0.146 e. The van der Waals surface area contributed by atoms with Crippen LogP contribution in [0.15, 0.2) is 42.5 Å². The van der Waals surface area contributed by atoms with Crippen LogP contribution >= 0.6 is 0 Å². The van der Waals surface area contributed by atoms with Gasteiger partial charge in [0.25, 0.3) is 0 Å². The van der Waals surface area contributed by atoms with Crippen LogP contribution in [0.1, 0.15) is 18.5 Å². The van der Waals surface area contributed by atoms with E-state index in [0.29, 0.717) is 11.4 Å². The minimum atomic E-state index is -0.300. The number of hydrogen-bond donors (Lipinski definition) is 1. The number of hydrogen-bond acceptors (Lipinski definition) is 3.